The average Bonchev–Trinajstić information content (AvgIpc) is 4.11. The van der Waals surface area contributed by atoms with Gasteiger partial charge in [-0.05, 0) is 12.8 Å². The summed E-state index contributed by atoms with van der Waals surface area (Å²) >= 11 is 1.91. The lowest BCUT2D eigenvalue weighted by Crippen LogP contribution is -2.36. The van der Waals surface area contributed by atoms with Gasteiger partial charge in [-0.25, -0.2) is 34.7 Å². The first-order valence-electron chi connectivity index (χ1n) is 19.9. The number of carbonyl (C=O) groups is 2. The number of benzene rings is 4. The minimum atomic E-state index is -0.0403. The van der Waals surface area contributed by atoms with E-state index < -0.39 is 0 Å². The van der Waals surface area contributed by atoms with Gasteiger partial charge in [0.15, 0.2) is 23.3 Å². The van der Waals surface area contributed by atoms with E-state index in [2.05, 4.69) is 25.9 Å². The second-order valence-electron chi connectivity index (χ2n) is 14.8. The summed E-state index contributed by atoms with van der Waals surface area (Å²) in [4.78, 5) is 59.4. The number of nitrogens with one attached hydrogen (secondary N) is 5. The first-order valence-corrected chi connectivity index (χ1v) is 20.9. The maximum Gasteiger partial charge on any atom is 0.315 e. The molecule has 7 heterocycles. The summed E-state index contributed by atoms with van der Waals surface area (Å²) in [5, 5.41) is 13.0. The number of thioether (sulfide) groups is 1. The summed E-state index contributed by atoms with van der Waals surface area (Å²) < 4.78 is 0. The minimum absolute atomic E-state index is 0.0403. The number of urea groups is 1. The lowest BCUT2D eigenvalue weighted by atomic mass is 10.0. The predicted octanol–water partition coefficient (Wildman–Crippen LogP) is 6.66. The van der Waals surface area contributed by atoms with Crippen LogP contribution in [0.2, 0.25) is 0 Å². The fourth-order valence-electron chi connectivity index (χ4n) is 8.16. The Bertz CT molecular complexity index is 2630. The highest BCUT2D eigenvalue weighted by molar-refractivity contribution is 8.00. The summed E-state index contributed by atoms with van der Waals surface area (Å²) in [6.45, 7) is 1.04. The van der Waals surface area contributed by atoms with Gasteiger partial charge in [-0.3, -0.25) is 4.79 Å². The molecule has 7 N–H and O–H groups in total. The molecule has 2 saturated heterocycles. The molecule has 0 radical (unpaired) electrons. The second kappa shape index (κ2) is 15.6. The molecule has 4 aliphatic heterocycles. The molecule has 11 rings (SSSR count). The third-order valence-electron chi connectivity index (χ3n) is 11.0. The van der Waals surface area contributed by atoms with Crippen LogP contribution in [0.3, 0.4) is 0 Å². The van der Waals surface area contributed by atoms with Crippen molar-refractivity contribution in [3.8, 4) is 45.6 Å². The molecule has 14 nitrogen and oxygen atoms in total. The normalized spacial score (nSPS) is 17.4. The number of hydrogen-bond acceptors (Lipinski definition) is 10. The Hall–Kier alpha value is -6.71. The molecule has 0 aliphatic carbocycles. The van der Waals surface area contributed by atoms with Crippen molar-refractivity contribution in [2.75, 3.05) is 18.8 Å². The molecule has 8 bridgehead atoms. The zero-order valence-electron chi connectivity index (χ0n) is 31.9. The van der Waals surface area contributed by atoms with E-state index in [0.29, 0.717) is 70.6 Å². The molecule has 0 unspecified atom stereocenters. The molecule has 3 aromatic heterocycles. The summed E-state index contributed by atoms with van der Waals surface area (Å²) in [5.74, 6) is 3.46. The average molecular weight is 801 g/mol. The van der Waals surface area contributed by atoms with E-state index in [4.69, 9.17) is 35.6 Å². The second-order valence-corrected chi connectivity index (χ2v) is 16.1. The molecule has 3 amide bonds. The topological polar surface area (TPSA) is 205 Å². The van der Waals surface area contributed by atoms with Crippen LogP contribution in [0.5, 0.6) is 0 Å². The van der Waals surface area contributed by atoms with Crippen LogP contribution >= 0.6 is 11.8 Å². The largest absolute Gasteiger partial charge is 0.355 e. The molecule has 4 aromatic carbocycles. The van der Waals surface area contributed by atoms with Gasteiger partial charge in [0.05, 0.1) is 12.1 Å². The van der Waals surface area contributed by atoms with Gasteiger partial charge in [0.1, 0.15) is 22.6 Å². The third-order valence-corrected chi connectivity index (χ3v) is 12.5. The molecule has 0 saturated carbocycles. The van der Waals surface area contributed by atoms with E-state index in [1.165, 1.54) is 0 Å². The Kier molecular flexibility index (Phi) is 9.66. The van der Waals surface area contributed by atoms with Crippen LogP contribution in [0.25, 0.3) is 89.7 Å². The van der Waals surface area contributed by atoms with E-state index in [0.717, 1.165) is 68.8 Å². The van der Waals surface area contributed by atoms with Gasteiger partial charge in [0, 0.05) is 74.3 Å². The smallest absolute Gasteiger partial charge is 0.315 e. The monoisotopic (exact) mass is 800 g/mol. The number of carbonyl (C=O) groups excluding carboxylic acids is 2. The Morgan fingerprint density at radius 1 is 0.627 bits per heavy atom. The van der Waals surface area contributed by atoms with E-state index in [1.54, 1.807) is 0 Å². The Morgan fingerprint density at radius 2 is 1.07 bits per heavy atom. The van der Waals surface area contributed by atoms with Crippen molar-refractivity contribution in [3.05, 3.63) is 97.1 Å². The summed E-state index contributed by atoms with van der Waals surface area (Å²) in [5.41, 5.74) is 11.8. The van der Waals surface area contributed by atoms with E-state index >= 15 is 0 Å². The predicted molar refractivity (Wildman–Crippen MR) is 232 cm³/mol. The number of aromatic amines is 2. The van der Waals surface area contributed by atoms with E-state index in [9.17, 15) is 9.59 Å². The fourth-order valence-corrected chi connectivity index (χ4v) is 9.71. The van der Waals surface area contributed by atoms with Crippen LogP contribution in [0.4, 0.5) is 4.79 Å². The number of hydrogen-bond donors (Lipinski definition) is 6. The molecule has 294 valence electrons. The van der Waals surface area contributed by atoms with Gasteiger partial charge < -0.3 is 31.7 Å². The van der Waals surface area contributed by atoms with E-state index in [1.807, 2.05) is 109 Å². The van der Waals surface area contributed by atoms with Crippen LogP contribution in [-0.2, 0) is 4.79 Å². The zero-order valence-corrected chi connectivity index (χ0v) is 32.7. The van der Waals surface area contributed by atoms with Crippen molar-refractivity contribution >= 4 is 67.8 Å². The van der Waals surface area contributed by atoms with Gasteiger partial charge in [-0.15, -0.1) is 0 Å². The highest BCUT2D eigenvalue weighted by Gasteiger charge is 2.42. The minimum Gasteiger partial charge on any atom is -0.355 e. The lowest BCUT2D eigenvalue weighted by Gasteiger charge is -2.16. The quantitative estimate of drug-likeness (QED) is 0.0747. The number of aromatic nitrogens is 8. The number of rotatable bonds is 7. The van der Waals surface area contributed by atoms with Gasteiger partial charge in [-0.2, -0.15) is 11.8 Å². The molecule has 0 spiro atoms. The molecular formula is C44H40N12O2S. The molecular weight excluding hydrogens is 761 g/mol. The van der Waals surface area contributed by atoms with Gasteiger partial charge in [0.25, 0.3) is 0 Å². The summed E-state index contributed by atoms with van der Waals surface area (Å²) in [6, 6.07) is 32.8. The van der Waals surface area contributed by atoms with Crippen molar-refractivity contribution in [1.29, 1.82) is 0 Å². The number of nitrogens with zero attached hydrogens (tertiary/aromatic N) is 6. The SMILES string of the molecule is NCCNC(=O)CCCC[C@@H]1SC[C@@H]2NC(=O)N[C@@H]21.c1ccc2c(c1)-c1nc-2nc2[nH]c(nc3nc(nc4[nH]c(n1)c1ccccc41)-c1ccccc1-3)c1ccccc21. The third kappa shape index (κ3) is 7.01. The summed E-state index contributed by atoms with van der Waals surface area (Å²) in [7, 11) is 0. The van der Waals surface area contributed by atoms with Crippen LogP contribution in [0.1, 0.15) is 25.7 Å². The van der Waals surface area contributed by atoms with Crippen molar-refractivity contribution in [2.24, 2.45) is 5.73 Å². The van der Waals surface area contributed by atoms with Gasteiger partial charge >= 0.3 is 6.03 Å². The molecule has 15 heteroatoms. The van der Waals surface area contributed by atoms with Crippen LogP contribution in [0, 0.1) is 0 Å². The highest BCUT2D eigenvalue weighted by atomic mass is 32.2. The Balaban J connectivity index is 0.000000187. The molecule has 3 atom stereocenters. The van der Waals surface area contributed by atoms with Crippen LogP contribution in [0.15, 0.2) is 97.1 Å². The van der Waals surface area contributed by atoms with E-state index in [-0.39, 0.29) is 24.0 Å². The van der Waals surface area contributed by atoms with Gasteiger partial charge in [0.2, 0.25) is 5.91 Å². The van der Waals surface area contributed by atoms with Crippen molar-refractivity contribution in [3.63, 3.8) is 0 Å². The maximum absolute atomic E-state index is 11.4. The molecule has 2 fully saturated rings. The standard InChI is InChI=1S/C32H18N8.C12H22N4O2S/c1-2-10-18-17(9-1)25-33-26(18)38-28-21-13-5-6-14-22(21)30(35-28)40-32-24-16-8-7-15-23(24)31(36-32)39-29-20-12-4-3-11-19(20)27(34-29)37-25;13-5-6-14-10(17)4-2-1-3-9-11-8(7-19-9)15-12(18)16-11/h1-16H,(H2,33,34,35,36,37,38,39,40);8-9,11H,1-7,13H2,(H,14,17)(H2,15,16,18)/t;8-,9-,11-/m.0/s1. The number of nitrogens with two attached hydrogens (primary N) is 1. The fraction of sp³-hybridized carbons (Fsp3) is 0.227. The van der Waals surface area contributed by atoms with Crippen molar-refractivity contribution in [2.45, 2.75) is 43.0 Å². The maximum atomic E-state index is 11.4. The van der Waals surface area contributed by atoms with Crippen molar-refractivity contribution in [1.82, 2.24) is 55.8 Å². The zero-order chi connectivity index (χ0) is 39.9. The number of H-pyrrole nitrogens is 2. The van der Waals surface area contributed by atoms with Gasteiger partial charge in [-0.1, -0.05) is 103 Å². The van der Waals surface area contributed by atoms with Crippen LogP contribution in [-0.4, -0.2) is 88.0 Å². The highest BCUT2D eigenvalue weighted by Crippen LogP contribution is 2.37. The first-order chi connectivity index (χ1) is 29.0. The Labute approximate surface area is 342 Å². The molecule has 4 aliphatic rings. The number of fused-ring (bicyclic) bond motifs is 21. The number of amides is 3. The summed E-state index contributed by atoms with van der Waals surface area (Å²) in [6.07, 6.45) is 3.53. The number of unbranched alkanes of at least 4 members (excludes halogenated alkanes) is 1. The van der Waals surface area contributed by atoms with Crippen LogP contribution < -0.4 is 21.7 Å². The molecule has 7 aromatic rings. The lowest BCUT2D eigenvalue weighted by molar-refractivity contribution is -0.121. The van der Waals surface area contributed by atoms with Crippen molar-refractivity contribution < 1.29 is 9.59 Å². The molecule has 59 heavy (non-hydrogen) atoms. The first kappa shape index (κ1) is 36.6. The Morgan fingerprint density at radius 3 is 1.51 bits per heavy atom.